The van der Waals surface area contributed by atoms with Crippen LogP contribution < -0.4 is 14.2 Å². The average Bonchev–Trinajstić information content (AvgIpc) is 2.96. The van der Waals surface area contributed by atoms with Crippen LogP contribution in [0.15, 0.2) is 101 Å². The number of aliphatic imine (C=N–C) groups is 1. The number of piperidine rings is 1. The lowest BCUT2D eigenvalue weighted by atomic mass is 9.94. The van der Waals surface area contributed by atoms with Crippen LogP contribution in [-0.2, 0) is 0 Å². The standard InChI is InChI=1S/C14H17N3O2.C14H10N2O2.C2H6/c1-14(18)8-10-17(11-9-14)13(16-15-2)19-12-6-4-3-5-7-12;15-11-16-14(17-12-7-3-1-4-8-12)18-13-9-5-2-6-10-13;1-2/h3-7,18H,8-11H2,1H3;1-10H;1-2H3/b16-13+;;. The van der Waals surface area contributed by atoms with E-state index < -0.39 is 5.60 Å². The Labute approximate surface area is 230 Å². The fraction of sp³-hybridized carbons (Fsp3) is 0.267. The van der Waals surface area contributed by atoms with Crippen molar-refractivity contribution in [1.29, 1.82) is 5.26 Å². The summed E-state index contributed by atoms with van der Waals surface area (Å²) < 4.78 is 16.4. The zero-order chi connectivity index (χ0) is 28.3. The molecule has 202 valence electrons. The second-order valence-corrected chi connectivity index (χ2v) is 8.19. The largest absolute Gasteiger partial charge is 0.421 e. The van der Waals surface area contributed by atoms with Crippen LogP contribution in [-0.4, -0.2) is 40.8 Å². The van der Waals surface area contributed by atoms with Gasteiger partial charge in [0.15, 0.2) is 0 Å². The molecule has 9 nitrogen and oxygen atoms in total. The number of para-hydroxylation sites is 3. The van der Waals surface area contributed by atoms with Crippen molar-refractivity contribution < 1.29 is 19.3 Å². The van der Waals surface area contributed by atoms with E-state index in [-0.39, 0.29) is 6.08 Å². The third-order valence-corrected chi connectivity index (χ3v) is 5.24. The van der Waals surface area contributed by atoms with E-state index in [0.717, 1.165) is 0 Å². The van der Waals surface area contributed by atoms with Gasteiger partial charge < -0.3 is 24.2 Å². The molecule has 1 N–H and O–H groups in total. The lowest BCUT2D eigenvalue weighted by molar-refractivity contribution is 0.00716. The van der Waals surface area contributed by atoms with Crippen molar-refractivity contribution in [1.82, 2.24) is 4.90 Å². The maximum atomic E-state index is 9.93. The summed E-state index contributed by atoms with van der Waals surface area (Å²) in [7, 11) is 0. The molecule has 1 fully saturated rings. The fourth-order valence-corrected chi connectivity index (χ4v) is 3.25. The Bertz CT molecular complexity index is 1200. The molecule has 0 aromatic heterocycles. The molecule has 0 spiro atoms. The number of likely N-dealkylation sites (tertiary alicyclic amines) is 1. The Kier molecular flexibility index (Phi) is 13.1. The van der Waals surface area contributed by atoms with E-state index in [0.29, 0.717) is 49.2 Å². The van der Waals surface area contributed by atoms with Crippen LogP contribution in [0.4, 0.5) is 0 Å². The van der Waals surface area contributed by atoms with Crippen LogP contribution in [0, 0.1) is 18.0 Å². The van der Waals surface area contributed by atoms with Gasteiger partial charge in [0.1, 0.15) is 22.3 Å². The van der Waals surface area contributed by atoms with Crippen LogP contribution in [0.25, 0.3) is 4.95 Å². The van der Waals surface area contributed by atoms with E-state index in [4.69, 9.17) is 26.0 Å². The fourth-order valence-electron chi connectivity index (χ4n) is 3.25. The van der Waals surface area contributed by atoms with Gasteiger partial charge in [-0.2, -0.15) is 11.8 Å². The first kappa shape index (κ1) is 30.4. The molecule has 0 bridgehead atoms. The van der Waals surface area contributed by atoms with Crippen molar-refractivity contribution in [2.45, 2.75) is 39.2 Å². The molecule has 3 aromatic carbocycles. The van der Waals surface area contributed by atoms with E-state index in [2.05, 4.69) is 15.0 Å². The molecule has 1 aliphatic heterocycles. The smallest absolute Gasteiger partial charge is 0.410 e. The van der Waals surface area contributed by atoms with Crippen molar-refractivity contribution >= 4 is 12.1 Å². The van der Waals surface area contributed by atoms with Gasteiger partial charge in [0, 0.05) is 13.1 Å². The maximum Gasteiger partial charge on any atom is 0.410 e. The van der Waals surface area contributed by atoms with Gasteiger partial charge in [-0.3, -0.25) is 0 Å². The van der Waals surface area contributed by atoms with Gasteiger partial charge in [0.05, 0.1) is 5.60 Å². The highest BCUT2D eigenvalue weighted by atomic mass is 16.7. The van der Waals surface area contributed by atoms with Gasteiger partial charge in [-0.25, -0.2) is 0 Å². The molecular weight excluding hydrogens is 494 g/mol. The predicted octanol–water partition coefficient (Wildman–Crippen LogP) is 6.11. The summed E-state index contributed by atoms with van der Waals surface area (Å²) in [6.45, 7) is 14.0. The summed E-state index contributed by atoms with van der Waals surface area (Å²) in [5, 5.41) is 22.2. The first-order valence-electron chi connectivity index (χ1n) is 12.6. The molecule has 0 saturated carbocycles. The van der Waals surface area contributed by atoms with E-state index in [1.165, 1.54) is 0 Å². The van der Waals surface area contributed by atoms with Crippen molar-refractivity contribution in [3.8, 4) is 23.4 Å². The molecule has 1 aliphatic rings. The van der Waals surface area contributed by atoms with E-state index >= 15 is 0 Å². The zero-order valence-corrected chi connectivity index (χ0v) is 22.4. The lowest BCUT2D eigenvalue weighted by Crippen LogP contribution is -2.46. The summed E-state index contributed by atoms with van der Waals surface area (Å²) in [6.07, 6.45) is 2.83. The second kappa shape index (κ2) is 16.8. The van der Waals surface area contributed by atoms with Crippen LogP contribution in [0.5, 0.6) is 17.2 Å². The molecule has 0 amide bonds. The highest BCUT2D eigenvalue weighted by Crippen LogP contribution is 2.22. The summed E-state index contributed by atoms with van der Waals surface area (Å²) in [5.74, 6) is 1.77. The molecule has 0 atom stereocenters. The number of benzene rings is 3. The number of hydrogen-bond acceptors (Lipinski definition) is 7. The second-order valence-electron chi connectivity index (χ2n) is 8.19. The molecule has 1 heterocycles. The minimum atomic E-state index is -0.632. The highest BCUT2D eigenvalue weighted by Gasteiger charge is 2.30. The van der Waals surface area contributed by atoms with Gasteiger partial charge in [0.25, 0.3) is 0 Å². The Balaban J connectivity index is 0.000000258. The molecule has 1 saturated heterocycles. The Morgan fingerprint density at radius 3 is 1.64 bits per heavy atom. The van der Waals surface area contributed by atoms with Gasteiger partial charge >= 0.3 is 12.1 Å². The third-order valence-electron chi connectivity index (χ3n) is 5.24. The minimum Gasteiger partial charge on any atom is -0.421 e. The number of rotatable bonds is 3. The number of hydrogen-bond donors (Lipinski definition) is 1. The van der Waals surface area contributed by atoms with Gasteiger partial charge in [-0.1, -0.05) is 73.4 Å². The maximum absolute atomic E-state index is 9.93. The third kappa shape index (κ3) is 11.4. The molecule has 0 unspecified atom stereocenters. The van der Waals surface area contributed by atoms with Crippen molar-refractivity contribution in [2.75, 3.05) is 13.1 Å². The van der Waals surface area contributed by atoms with E-state index in [1.807, 2.05) is 92.4 Å². The van der Waals surface area contributed by atoms with E-state index in [1.54, 1.807) is 30.5 Å². The van der Waals surface area contributed by atoms with Crippen LogP contribution in [0.3, 0.4) is 0 Å². The summed E-state index contributed by atoms with van der Waals surface area (Å²) in [6, 6.07) is 27.6. The highest BCUT2D eigenvalue weighted by molar-refractivity contribution is 5.77. The monoisotopic (exact) mass is 527 g/mol. The van der Waals surface area contributed by atoms with Crippen molar-refractivity contribution in [3.63, 3.8) is 0 Å². The van der Waals surface area contributed by atoms with Crippen molar-refractivity contribution in [2.24, 2.45) is 10.1 Å². The minimum absolute atomic E-state index is 0.102. The summed E-state index contributed by atoms with van der Waals surface area (Å²) in [5.41, 5.74) is -0.632. The van der Waals surface area contributed by atoms with Gasteiger partial charge in [0.2, 0.25) is 6.19 Å². The van der Waals surface area contributed by atoms with Crippen LogP contribution in [0.1, 0.15) is 33.6 Å². The van der Waals surface area contributed by atoms with Gasteiger partial charge in [-0.15, -0.1) is 4.95 Å². The normalized spacial score (nSPS) is 13.5. The summed E-state index contributed by atoms with van der Waals surface area (Å²) >= 11 is 0. The van der Waals surface area contributed by atoms with Crippen LogP contribution >= 0.6 is 0 Å². The molecule has 4 rings (SSSR count). The molecule has 39 heavy (non-hydrogen) atoms. The Hall–Kier alpha value is -4.86. The molecule has 0 aliphatic carbocycles. The number of amidine groups is 1. The van der Waals surface area contributed by atoms with Crippen LogP contribution in [0.2, 0.25) is 0 Å². The van der Waals surface area contributed by atoms with Crippen molar-refractivity contribution in [3.05, 3.63) is 103 Å². The van der Waals surface area contributed by atoms with E-state index in [9.17, 15) is 5.11 Å². The number of aliphatic hydroxyl groups is 1. The lowest BCUT2D eigenvalue weighted by Gasteiger charge is -2.35. The SMILES string of the molecule is CC.N#CN=C(Oc1ccccc1)Oc1ccccc1.[C-]#[N+]/N=C(/Oc1ccccc1)N1CCC(C)(O)CC1. The first-order valence-corrected chi connectivity index (χ1v) is 12.6. The number of nitriles is 1. The first-order chi connectivity index (χ1) is 19.0. The predicted molar refractivity (Wildman–Crippen MR) is 151 cm³/mol. The Morgan fingerprint density at radius 1 is 0.846 bits per heavy atom. The molecular formula is C30H33N5O4. The molecule has 0 radical (unpaired) electrons. The quantitative estimate of drug-likeness (QED) is 0.145. The van der Waals surface area contributed by atoms with Gasteiger partial charge in [-0.05, 0) is 56.2 Å². The zero-order valence-electron chi connectivity index (χ0n) is 22.4. The Morgan fingerprint density at radius 2 is 1.26 bits per heavy atom. The number of nitrogens with zero attached hydrogens (tertiary/aromatic N) is 5. The average molecular weight is 528 g/mol. The topological polar surface area (TPSA) is 104 Å². The molecule has 3 aromatic rings. The summed E-state index contributed by atoms with van der Waals surface area (Å²) in [4.78, 5) is 8.44. The number of ether oxygens (including phenoxy) is 3. The molecule has 9 heteroatoms.